The molecule has 14 heteroatoms. The fourth-order valence-electron chi connectivity index (χ4n) is 8.68. The number of ether oxygens (including phenoxy) is 6. The lowest BCUT2D eigenvalue weighted by molar-refractivity contribution is -0.147. The first-order valence-corrected chi connectivity index (χ1v) is 24.7. The smallest absolute Gasteiger partial charge is 0.349 e. The van der Waals surface area contributed by atoms with Crippen molar-refractivity contribution in [2.45, 2.75) is 19.3 Å². The number of carbonyl (C=O) groups is 4. The Hall–Kier alpha value is -9.66. The van der Waals surface area contributed by atoms with Crippen molar-refractivity contribution in [1.29, 1.82) is 10.5 Å². The zero-order chi connectivity index (χ0) is 54.9. The van der Waals surface area contributed by atoms with E-state index in [1.54, 1.807) is 0 Å². The summed E-state index contributed by atoms with van der Waals surface area (Å²) in [6.45, 7) is 11.3. The quantitative estimate of drug-likeness (QED) is 0.0184. The van der Waals surface area contributed by atoms with Crippen molar-refractivity contribution >= 4 is 47.4 Å². The van der Waals surface area contributed by atoms with E-state index in [0.29, 0.717) is 37.4 Å². The Kier molecular flexibility index (Phi) is 18.6. The molecule has 0 N–H and O–H groups in total. The van der Waals surface area contributed by atoms with Gasteiger partial charge in [0.25, 0.3) is 0 Å². The highest BCUT2D eigenvalue weighted by atomic mass is 16.6. The van der Waals surface area contributed by atoms with E-state index in [-0.39, 0.29) is 48.7 Å². The Morgan fingerprint density at radius 3 is 1.16 bits per heavy atom. The Morgan fingerprint density at radius 2 is 0.818 bits per heavy atom. The fraction of sp³-hybridized carbons (Fsp3) is 0.206. The predicted octanol–water partition coefficient (Wildman–Crippen LogP) is 10.2. The van der Waals surface area contributed by atoms with E-state index < -0.39 is 29.3 Å². The SMILES string of the molecule is C=C(C)C(=O)OCCOC(=O)C(C#N)=Cc1ccc(N(C)CCOc2ccc(C3(c4ccc(OCCN(C)c5ccc(C=C(C#N)C(=O)OCCOC(=O)C(=C)C)cc5)cc4)c4ccccc4-c4ccccc43)cc2)cc1. The van der Waals surface area contributed by atoms with Gasteiger partial charge in [-0.2, -0.15) is 10.5 Å². The molecule has 0 saturated heterocycles. The summed E-state index contributed by atoms with van der Waals surface area (Å²) in [4.78, 5) is 52.1. The first-order chi connectivity index (χ1) is 37.2. The van der Waals surface area contributed by atoms with Crippen LogP contribution in [0.5, 0.6) is 11.5 Å². The monoisotopic (exact) mass is 1030 g/mol. The number of fused-ring (bicyclic) bond motifs is 3. The van der Waals surface area contributed by atoms with E-state index in [1.807, 2.05) is 99.0 Å². The first kappa shape index (κ1) is 55.1. The molecule has 7 rings (SSSR count). The van der Waals surface area contributed by atoms with Crippen LogP contribution in [0.1, 0.15) is 47.2 Å². The number of nitriles is 2. The number of likely N-dealkylation sites (N-methyl/N-ethyl adjacent to an activating group) is 2. The maximum atomic E-state index is 12.5. The van der Waals surface area contributed by atoms with Gasteiger partial charge in [-0.3, -0.25) is 0 Å². The summed E-state index contributed by atoms with van der Waals surface area (Å²) < 4.78 is 32.7. The summed E-state index contributed by atoms with van der Waals surface area (Å²) in [6.07, 6.45) is 2.89. The first-order valence-electron chi connectivity index (χ1n) is 24.7. The summed E-state index contributed by atoms with van der Waals surface area (Å²) in [5, 5.41) is 19.2. The summed E-state index contributed by atoms with van der Waals surface area (Å²) in [5.41, 5.74) is 9.48. The molecule has 6 aromatic carbocycles. The van der Waals surface area contributed by atoms with Crippen LogP contribution in [0, 0.1) is 22.7 Å². The largest absolute Gasteiger partial charge is 0.492 e. The second kappa shape index (κ2) is 26.0. The molecule has 0 amide bonds. The number of nitrogens with zero attached hydrogens (tertiary/aromatic N) is 4. The maximum absolute atomic E-state index is 12.5. The van der Waals surface area contributed by atoms with Crippen molar-refractivity contribution in [2.24, 2.45) is 0 Å². The van der Waals surface area contributed by atoms with Gasteiger partial charge in [0.05, 0.1) is 18.5 Å². The van der Waals surface area contributed by atoms with E-state index >= 15 is 0 Å². The molecular formula is C63H58N4O10. The summed E-state index contributed by atoms with van der Waals surface area (Å²) >= 11 is 0. The van der Waals surface area contributed by atoms with E-state index in [4.69, 9.17) is 28.4 Å². The number of rotatable bonds is 24. The molecule has 14 nitrogen and oxygen atoms in total. The van der Waals surface area contributed by atoms with Gasteiger partial charge in [-0.1, -0.05) is 110 Å². The molecule has 0 aromatic heterocycles. The molecule has 0 spiro atoms. The van der Waals surface area contributed by atoms with Crippen LogP contribution in [0.3, 0.4) is 0 Å². The molecule has 0 atom stereocenters. The van der Waals surface area contributed by atoms with E-state index in [1.165, 1.54) is 48.3 Å². The maximum Gasteiger partial charge on any atom is 0.349 e. The van der Waals surface area contributed by atoms with Crippen LogP contribution in [-0.2, 0) is 43.5 Å². The third-order valence-corrected chi connectivity index (χ3v) is 12.7. The molecule has 0 unspecified atom stereocenters. The lowest BCUT2D eigenvalue weighted by Gasteiger charge is -2.34. The minimum atomic E-state index is -0.813. The topological polar surface area (TPSA) is 178 Å². The minimum Gasteiger partial charge on any atom is -0.492 e. The molecule has 0 aliphatic heterocycles. The second-order valence-corrected chi connectivity index (χ2v) is 18.1. The molecule has 1 aliphatic carbocycles. The van der Waals surface area contributed by atoms with Gasteiger partial charge >= 0.3 is 23.9 Å². The lowest BCUT2D eigenvalue weighted by atomic mass is 9.68. The molecule has 0 radical (unpaired) electrons. The molecule has 6 aromatic rings. The van der Waals surface area contributed by atoms with Gasteiger partial charge in [0.1, 0.15) is 74.4 Å². The normalized spacial score (nSPS) is 12.1. The van der Waals surface area contributed by atoms with Gasteiger partial charge in [-0.25, -0.2) is 19.2 Å². The Morgan fingerprint density at radius 1 is 0.481 bits per heavy atom. The Labute approximate surface area is 448 Å². The van der Waals surface area contributed by atoms with Crippen LogP contribution in [-0.4, -0.2) is 90.7 Å². The highest BCUT2D eigenvalue weighted by Gasteiger charge is 2.46. The van der Waals surface area contributed by atoms with Crippen molar-refractivity contribution in [3.05, 3.63) is 214 Å². The van der Waals surface area contributed by atoms with Crippen LogP contribution >= 0.6 is 0 Å². The van der Waals surface area contributed by atoms with E-state index in [0.717, 1.165) is 34.0 Å². The van der Waals surface area contributed by atoms with Gasteiger partial charge in [-0.15, -0.1) is 0 Å². The number of anilines is 2. The Balaban J connectivity index is 0.963. The second-order valence-electron chi connectivity index (χ2n) is 18.1. The standard InChI is InChI=1S/C63H58N4O10/c1-43(2)59(68)74-35-37-76-61(70)47(41-64)39-45-15-23-51(24-16-45)66(5)31-33-72-53-27-19-49(20-28-53)63(57-13-9-7-11-55(57)56-12-8-10-14-58(56)63)50-21-29-54(30-22-50)73-34-32-67(6)52-25-17-46(18-26-52)40-48(42-65)62(71)77-38-36-75-60(69)44(3)4/h7-30,39-40H,1,3,31-38H2,2,4-6H3. The van der Waals surface area contributed by atoms with Gasteiger partial charge < -0.3 is 38.2 Å². The van der Waals surface area contributed by atoms with Gasteiger partial charge in [-0.05, 0) is 119 Å². The molecule has 390 valence electrons. The molecule has 0 fully saturated rings. The summed E-state index contributed by atoms with van der Waals surface area (Å²) in [7, 11) is 3.92. The average Bonchev–Trinajstić information content (AvgIpc) is 3.96. The number of hydrogen-bond acceptors (Lipinski definition) is 14. The molecule has 0 heterocycles. The minimum absolute atomic E-state index is 0.144. The molecule has 0 saturated carbocycles. The number of hydrogen-bond donors (Lipinski definition) is 0. The Bertz CT molecular complexity index is 3050. The zero-order valence-electron chi connectivity index (χ0n) is 43.5. The van der Waals surface area contributed by atoms with Crippen LogP contribution in [0.15, 0.2) is 181 Å². The highest BCUT2D eigenvalue weighted by Crippen LogP contribution is 2.56. The highest BCUT2D eigenvalue weighted by molar-refractivity contribution is 5.98. The van der Waals surface area contributed by atoms with Crippen LogP contribution < -0.4 is 19.3 Å². The van der Waals surface area contributed by atoms with Crippen LogP contribution in [0.25, 0.3) is 23.3 Å². The van der Waals surface area contributed by atoms with Gasteiger partial charge in [0.15, 0.2) is 0 Å². The summed E-state index contributed by atoms with van der Waals surface area (Å²) in [5.74, 6) is -1.34. The van der Waals surface area contributed by atoms with Crippen molar-refractivity contribution < 1.29 is 47.6 Å². The van der Waals surface area contributed by atoms with Crippen molar-refractivity contribution in [3.63, 3.8) is 0 Å². The number of carbonyl (C=O) groups excluding carboxylic acids is 4. The predicted molar refractivity (Wildman–Crippen MR) is 295 cm³/mol. The third-order valence-electron chi connectivity index (χ3n) is 12.7. The van der Waals surface area contributed by atoms with E-state index in [9.17, 15) is 29.7 Å². The van der Waals surface area contributed by atoms with E-state index in [2.05, 4.69) is 95.8 Å². The molecule has 1 aliphatic rings. The van der Waals surface area contributed by atoms with Crippen LogP contribution in [0.4, 0.5) is 11.4 Å². The van der Waals surface area contributed by atoms with Crippen molar-refractivity contribution in [2.75, 3.05) is 76.6 Å². The lowest BCUT2D eigenvalue weighted by Crippen LogP contribution is -2.28. The fourth-order valence-corrected chi connectivity index (χ4v) is 8.68. The molecular weight excluding hydrogens is 973 g/mol. The van der Waals surface area contributed by atoms with Gasteiger partial charge in [0, 0.05) is 36.6 Å². The van der Waals surface area contributed by atoms with Crippen LogP contribution in [0.2, 0.25) is 0 Å². The number of esters is 4. The van der Waals surface area contributed by atoms with Crippen molar-refractivity contribution in [1.82, 2.24) is 0 Å². The number of benzene rings is 6. The van der Waals surface area contributed by atoms with Gasteiger partial charge in [0.2, 0.25) is 0 Å². The molecule has 0 bridgehead atoms. The molecule has 77 heavy (non-hydrogen) atoms. The zero-order valence-corrected chi connectivity index (χ0v) is 43.5. The van der Waals surface area contributed by atoms with Crippen molar-refractivity contribution in [3.8, 4) is 34.8 Å². The average molecular weight is 1030 g/mol. The third kappa shape index (κ3) is 13.6. The summed E-state index contributed by atoms with van der Waals surface area (Å²) in [6, 6.07) is 52.3.